The largest absolute Gasteiger partial charge is 0.494 e. The van der Waals surface area contributed by atoms with Crippen LogP contribution in [0.5, 0.6) is 11.5 Å². The minimum absolute atomic E-state index is 0.0432. The standard InChI is InChI=1S/C31H33N7O8/c1-36(18-6-4-5-7-31(41)46-37-29(39)16-17-30(37)40)23-12-8-21(9-13-23)32-34-25-19-28(45-3)26(20-27(25)44-2)35-33-22-10-14-24(15-11-22)38(42)43/h8-15,19-20H,4-7,16-18H2,1-3H3. The molecule has 0 aromatic heterocycles. The highest BCUT2D eigenvalue weighted by Crippen LogP contribution is 2.41. The molecular weight excluding hydrogens is 598 g/mol. The van der Waals surface area contributed by atoms with E-state index in [4.69, 9.17) is 14.3 Å². The maximum Gasteiger partial charge on any atom is 0.333 e. The third-order valence-electron chi connectivity index (χ3n) is 6.95. The van der Waals surface area contributed by atoms with Gasteiger partial charge in [0.1, 0.15) is 22.9 Å². The number of nitrogens with zero attached hydrogens (tertiary/aromatic N) is 7. The molecule has 3 aromatic rings. The van der Waals surface area contributed by atoms with Gasteiger partial charge in [0.15, 0.2) is 0 Å². The summed E-state index contributed by atoms with van der Waals surface area (Å²) in [5, 5.41) is 28.4. The van der Waals surface area contributed by atoms with Gasteiger partial charge in [-0.3, -0.25) is 19.7 Å². The van der Waals surface area contributed by atoms with E-state index in [2.05, 4.69) is 25.4 Å². The number of nitro benzene ring substituents is 1. The summed E-state index contributed by atoms with van der Waals surface area (Å²) in [7, 11) is 4.94. The van der Waals surface area contributed by atoms with Crippen LogP contribution in [0.1, 0.15) is 38.5 Å². The smallest absolute Gasteiger partial charge is 0.333 e. The highest BCUT2D eigenvalue weighted by atomic mass is 16.7. The minimum Gasteiger partial charge on any atom is -0.494 e. The Balaban J connectivity index is 1.29. The van der Waals surface area contributed by atoms with Crippen LogP contribution < -0.4 is 14.4 Å². The molecule has 240 valence electrons. The minimum atomic E-state index is -0.584. The molecule has 0 bridgehead atoms. The number of carbonyl (C=O) groups is 3. The van der Waals surface area contributed by atoms with E-state index in [0.29, 0.717) is 45.7 Å². The van der Waals surface area contributed by atoms with E-state index >= 15 is 0 Å². The van der Waals surface area contributed by atoms with Gasteiger partial charge in [-0.25, -0.2) is 4.79 Å². The number of non-ortho nitro benzene ring substituents is 1. The molecule has 3 aromatic carbocycles. The Kier molecular flexibility index (Phi) is 11.4. The van der Waals surface area contributed by atoms with Gasteiger partial charge in [0, 0.05) is 62.8 Å². The summed E-state index contributed by atoms with van der Waals surface area (Å²) >= 11 is 0. The Labute approximate surface area is 264 Å². The van der Waals surface area contributed by atoms with Crippen LogP contribution in [0.25, 0.3) is 0 Å². The van der Waals surface area contributed by atoms with Crippen molar-refractivity contribution in [1.82, 2.24) is 5.06 Å². The van der Waals surface area contributed by atoms with Crippen molar-refractivity contribution in [3.8, 4) is 11.5 Å². The van der Waals surface area contributed by atoms with Gasteiger partial charge in [0.05, 0.1) is 30.5 Å². The summed E-state index contributed by atoms with van der Waals surface area (Å²) in [6.07, 6.45) is 2.47. The monoisotopic (exact) mass is 631 g/mol. The third kappa shape index (κ3) is 8.90. The van der Waals surface area contributed by atoms with Gasteiger partial charge in [-0.1, -0.05) is 6.42 Å². The topological polar surface area (TPSA) is 178 Å². The number of hydrogen-bond acceptors (Lipinski definition) is 13. The molecule has 0 atom stereocenters. The summed E-state index contributed by atoms with van der Waals surface area (Å²) in [5.41, 5.74) is 2.77. The zero-order chi connectivity index (χ0) is 33.1. The first kappa shape index (κ1) is 33.2. The summed E-state index contributed by atoms with van der Waals surface area (Å²) < 4.78 is 10.9. The number of amides is 2. The zero-order valence-electron chi connectivity index (χ0n) is 25.6. The molecule has 46 heavy (non-hydrogen) atoms. The van der Waals surface area contributed by atoms with Gasteiger partial charge in [0.25, 0.3) is 17.5 Å². The summed E-state index contributed by atoms with van der Waals surface area (Å²) in [5.74, 6) is -0.774. The zero-order valence-corrected chi connectivity index (χ0v) is 25.6. The van der Waals surface area contributed by atoms with Gasteiger partial charge in [0.2, 0.25) is 0 Å². The molecule has 4 rings (SSSR count). The first-order valence-electron chi connectivity index (χ1n) is 14.4. The predicted molar refractivity (Wildman–Crippen MR) is 166 cm³/mol. The molecule has 0 saturated carbocycles. The van der Waals surface area contributed by atoms with E-state index < -0.39 is 22.7 Å². The lowest BCUT2D eigenvalue weighted by Crippen LogP contribution is -2.31. The molecule has 1 fully saturated rings. The van der Waals surface area contributed by atoms with Gasteiger partial charge in [-0.2, -0.15) is 10.2 Å². The quantitative estimate of drug-likeness (QED) is 0.0559. The number of hydroxylamine groups is 2. The number of carbonyl (C=O) groups excluding carboxylic acids is 3. The first-order valence-corrected chi connectivity index (χ1v) is 14.4. The van der Waals surface area contributed by atoms with Crippen LogP contribution in [0.15, 0.2) is 81.1 Å². The Morgan fingerprint density at radius 3 is 1.85 bits per heavy atom. The summed E-state index contributed by atoms with van der Waals surface area (Å²) in [6, 6.07) is 16.4. The van der Waals surface area contributed by atoms with Crippen LogP contribution >= 0.6 is 0 Å². The predicted octanol–water partition coefficient (Wildman–Crippen LogP) is 7.05. The molecule has 0 radical (unpaired) electrons. The first-order chi connectivity index (χ1) is 22.2. The lowest BCUT2D eigenvalue weighted by Gasteiger charge is -2.19. The second-order valence-electron chi connectivity index (χ2n) is 10.2. The van der Waals surface area contributed by atoms with Crippen molar-refractivity contribution in [1.29, 1.82) is 0 Å². The van der Waals surface area contributed by atoms with Crippen LogP contribution in [0.3, 0.4) is 0 Å². The van der Waals surface area contributed by atoms with E-state index in [1.54, 1.807) is 12.1 Å². The van der Waals surface area contributed by atoms with E-state index in [1.165, 1.54) is 38.5 Å². The second-order valence-corrected chi connectivity index (χ2v) is 10.2. The number of anilines is 1. The number of hydrogen-bond donors (Lipinski definition) is 0. The molecule has 1 aliphatic heterocycles. The maximum atomic E-state index is 11.9. The van der Waals surface area contributed by atoms with Gasteiger partial charge in [-0.15, -0.1) is 15.3 Å². The number of unbranched alkanes of at least 4 members (excludes halogenated alkanes) is 2. The Morgan fingerprint density at radius 1 is 0.826 bits per heavy atom. The van der Waals surface area contributed by atoms with Gasteiger partial charge >= 0.3 is 5.97 Å². The summed E-state index contributed by atoms with van der Waals surface area (Å²) in [4.78, 5) is 52.4. The fourth-order valence-electron chi connectivity index (χ4n) is 4.39. The number of azo groups is 2. The second kappa shape index (κ2) is 15.8. The maximum absolute atomic E-state index is 11.9. The number of benzene rings is 3. The molecule has 1 aliphatic rings. The Morgan fingerprint density at radius 2 is 1.35 bits per heavy atom. The Bertz CT molecular complexity index is 1610. The van der Waals surface area contributed by atoms with Crippen molar-refractivity contribution in [2.75, 3.05) is 32.7 Å². The van der Waals surface area contributed by atoms with Crippen molar-refractivity contribution in [3.63, 3.8) is 0 Å². The van der Waals surface area contributed by atoms with Crippen molar-refractivity contribution in [3.05, 3.63) is 70.8 Å². The molecule has 0 unspecified atom stereocenters. The number of rotatable bonds is 15. The Hall–Kier alpha value is -5.73. The van der Waals surface area contributed by atoms with Crippen LogP contribution in [0.2, 0.25) is 0 Å². The number of methoxy groups -OCH3 is 2. The molecule has 1 saturated heterocycles. The SMILES string of the molecule is COc1cc(N=Nc2ccc([N+](=O)[O-])cc2)c(OC)cc1N=Nc1ccc(N(C)CCCCCC(=O)ON2C(=O)CCC2=O)cc1. The molecule has 0 spiro atoms. The van der Waals surface area contributed by atoms with E-state index in [9.17, 15) is 24.5 Å². The van der Waals surface area contributed by atoms with Gasteiger partial charge < -0.3 is 19.2 Å². The van der Waals surface area contributed by atoms with Crippen molar-refractivity contribution in [2.45, 2.75) is 38.5 Å². The number of imide groups is 1. The molecule has 15 nitrogen and oxygen atoms in total. The highest BCUT2D eigenvalue weighted by Gasteiger charge is 2.32. The summed E-state index contributed by atoms with van der Waals surface area (Å²) in [6.45, 7) is 0.754. The van der Waals surface area contributed by atoms with Crippen molar-refractivity contribution >= 4 is 51.9 Å². The molecule has 1 heterocycles. The molecule has 0 N–H and O–H groups in total. The molecular formula is C31H33N7O8. The fraction of sp³-hybridized carbons (Fsp3) is 0.323. The van der Waals surface area contributed by atoms with Crippen molar-refractivity contribution < 1.29 is 33.6 Å². The van der Waals surface area contributed by atoms with E-state index in [1.807, 2.05) is 31.3 Å². The third-order valence-corrected chi connectivity index (χ3v) is 6.95. The molecule has 2 amide bonds. The number of ether oxygens (including phenoxy) is 2. The average molecular weight is 632 g/mol. The highest BCUT2D eigenvalue weighted by molar-refractivity contribution is 6.01. The lowest BCUT2D eigenvalue weighted by atomic mass is 10.2. The van der Waals surface area contributed by atoms with E-state index in [0.717, 1.165) is 25.1 Å². The lowest BCUT2D eigenvalue weighted by molar-refractivity contribution is -0.384. The molecule has 0 aliphatic carbocycles. The van der Waals surface area contributed by atoms with Crippen LogP contribution in [-0.2, 0) is 19.2 Å². The van der Waals surface area contributed by atoms with Crippen LogP contribution in [0, 0.1) is 10.1 Å². The fourth-order valence-corrected chi connectivity index (χ4v) is 4.39. The number of nitro groups is 1. The van der Waals surface area contributed by atoms with Crippen molar-refractivity contribution in [2.24, 2.45) is 20.5 Å². The van der Waals surface area contributed by atoms with Crippen LogP contribution in [0.4, 0.5) is 34.1 Å². The average Bonchev–Trinajstić information content (AvgIpc) is 3.38. The normalized spacial score (nSPS) is 13.1. The molecule has 15 heteroatoms. The van der Waals surface area contributed by atoms with Crippen LogP contribution in [-0.4, -0.2) is 55.6 Å². The van der Waals surface area contributed by atoms with Gasteiger partial charge in [-0.05, 0) is 49.2 Å². The van der Waals surface area contributed by atoms with E-state index in [-0.39, 0.29) is 24.9 Å².